The number of aryl methyl sites for hydroxylation is 2. The van der Waals surface area contributed by atoms with Gasteiger partial charge in [-0.2, -0.15) is 18.3 Å². The van der Waals surface area contributed by atoms with Gasteiger partial charge in [0.25, 0.3) is 0 Å². The third kappa shape index (κ3) is 2.49. The SMILES string of the molecule is Cc1cc2n(n1)[C@H](c1ccccc1C(F)(F)F)Nc1c(C)cccc1-2. The predicted molar refractivity (Wildman–Crippen MR) is 90.3 cm³/mol. The lowest BCUT2D eigenvalue weighted by atomic mass is 9.98. The number of hydrogen-bond donors (Lipinski definition) is 1. The van der Waals surface area contributed by atoms with Crippen LogP contribution < -0.4 is 5.32 Å². The Labute approximate surface area is 143 Å². The fourth-order valence-corrected chi connectivity index (χ4v) is 3.39. The Morgan fingerprint density at radius 1 is 1.04 bits per heavy atom. The number of benzene rings is 2. The minimum absolute atomic E-state index is 0.160. The number of alkyl halides is 3. The monoisotopic (exact) mass is 343 g/mol. The Morgan fingerprint density at radius 3 is 2.56 bits per heavy atom. The number of aromatic nitrogens is 2. The van der Waals surface area contributed by atoms with Crippen LogP contribution in [0.25, 0.3) is 11.3 Å². The van der Waals surface area contributed by atoms with Gasteiger partial charge in [0.2, 0.25) is 0 Å². The average Bonchev–Trinajstić information content (AvgIpc) is 2.95. The lowest BCUT2D eigenvalue weighted by Gasteiger charge is -2.31. The average molecular weight is 343 g/mol. The number of para-hydroxylation sites is 1. The highest BCUT2D eigenvalue weighted by atomic mass is 19.4. The van der Waals surface area contributed by atoms with Gasteiger partial charge in [0.1, 0.15) is 6.17 Å². The van der Waals surface area contributed by atoms with Gasteiger partial charge in [0, 0.05) is 16.8 Å². The van der Waals surface area contributed by atoms with Crippen LogP contribution in [0.3, 0.4) is 0 Å². The van der Waals surface area contributed by atoms with Crippen LogP contribution in [0.15, 0.2) is 48.5 Å². The molecule has 3 nitrogen and oxygen atoms in total. The van der Waals surface area contributed by atoms with E-state index in [4.69, 9.17) is 0 Å². The summed E-state index contributed by atoms with van der Waals surface area (Å²) in [7, 11) is 0. The van der Waals surface area contributed by atoms with Gasteiger partial charge in [-0.25, -0.2) is 4.68 Å². The summed E-state index contributed by atoms with van der Waals surface area (Å²) in [6.45, 7) is 3.78. The molecule has 2 heterocycles. The van der Waals surface area contributed by atoms with Crippen molar-refractivity contribution in [3.05, 3.63) is 70.9 Å². The second kappa shape index (κ2) is 5.37. The summed E-state index contributed by atoms with van der Waals surface area (Å²) in [6, 6.07) is 13.4. The van der Waals surface area contributed by atoms with Gasteiger partial charge in [0.05, 0.1) is 17.0 Å². The number of hydrogen-bond acceptors (Lipinski definition) is 2. The molecule has 3 aromatic rings. The van der Waals surface area contributed by atoms with Crippen molar-refractivity contribution in [3.8, 4) is 11.3 Å². The Balaban J connectivity index is 1.96. The smallest absolute Gasteiger partial charge is 0.359 e. The van der Waals surface area contributed by atoms with E-state index in [1.807, 2.05) is 38.1 Å². The lowest BCUT2D eigenvalue weighted by Crippen LogP contribution is -2.28. The summed E-state index contributed by atoms with van der Waals surface area (Å²) < 4.78 is 42.1. The van der Waals surface area contributed by atoms with E-state index in [0.29, 0.717) is 0 Å². The Hall–Kier alpha value is -2.76. The molecule has 0 saturated carbocycles. The molecule has 0 fully saturated rings. The van der Waals surface area contributed by atoms with Crippen LogP contribution in [-0.2, 0) is 6.18 Å². The van der Waals surface area contributed by atoms with Crippen molar-refractivity contribution < 1.29 is 13.2 Å². The zero-order valence-electron chi connectivity index (χ0n) is 13.7. The number of rotatable bonds is 1. The molecule has 1 atom stereocenters. The van der Waals surface area contributed by atoms with Gasteiger partial charge in [-0.05, 0) is 31.5 Å². The quantitative estimate of drug-likeness (QED) is 0.661. The van der Waals surface area contributed by atoms with Crippen molar-refractivity contribution in [1.29, 1.82) is 0 Å². The fourth-order valence-electron chi connectivity index (χ4n) is 3.39. The molecule has 0 spiro atoms. The number of fused-ring (bicyclic) bond motifs is 3. The Kier molecular flexibility index (Phi) is 3.39. The number of nitrogens with one attached hydrogen (secondary N) is 1. The molecule has 0 bridgehead atoms. The van der Waals surface area contributed by atoms with E-state index in [1.165, 1.54) is 12.1 Å². The highest BCUT2D eigenvalue weighted by Gasteiger charge is 2.37. The van der Waals surface area contributed by atoms with E-state index in [0.717, 1.165) is 34.3 Å². The first-order chi connectivity index (χ1) is 11.9. The lowest BCUT2D eigenvalue weighted by molar-refractivity contribution is -0.138. The van der Waals surface area contributed by atoms with Crippen molar-refractivity contribution in [2.24, 2.45) is 0 Å². The molecular formula is C19H16F3N3. The summed E-state index contributed by atoms with van der Waals surface area (Å²) in [5, 5.41) is 7.71. The van der Waals surface area contributed by atoms with Crippen molar-refractivity contribution in [2.75, 3.05) is 5.32 Å². The molecule has 0 amide bonds. The molecule has 1 aliphatic rings. The number of halogens is 3. The van der Waals surface area contributed by atoms with Crippen LogP contribution >= 0.6 is 0 Å². The zero-order chi connectivity index (χ0) is 17.8. The molecule has 25 heavy (non-hydrogen) atoms. The Morgan fingerprint density at radius 2 is 1.80 bits per heavy atom. The predicted octanol–water partition coefficient (Wildman–Crippen LogP) is 5.16. The summed E-state index contributed by atoms with van der Waals surface area (Å²) in [5.74, 6) is 0. The second-order valence-corrected chi connectivity index (χ2v) is 6.24. The standard InChI is InChI=1S/C19H16F3N3/c1-11-6-5-8-14-16-10-12(2)24-25(16)18(23-17(11)14)13-7-3-4-9-15(13)19(20,21)22/h3-10,18,23H,1-2H3/t18-/m1/s1. The number of nitrogens with zero attached hydrogens (tertiary/aromatic N) is 2. The summed E-state index contributed by atoms with van der Waals surface area (Å²) in [4.78, 5) is 0. The molecule has 0 unspecified atom stereocenters. The topological polar surface area (TPSA) is 29.9 Å². The summed E-state index contributed by atoms with van der Waals surface area (Å²) in [5.41, 5.74) is 3.87. The van der Waals surface area contributed by atoms with E-state index in [-0.39, 0.29) is 5.56 Å². The molecule has 6 heteroatoms. The highest BCUT2D eigenvalue weighted by molar-refractivity contribution is 5.81. The van der Waals surface area contributed by atoms with Crippen LogP contribution in [-0.4, -0.2) is 9.78 Å². The van der Waals surface area contributed by atoms with Crippen molar-refractivity contribution in [3.63, 3.8) is 0 Å². The summed E-state index contributed by atoms with van der Waals surface area (Å²) in [6.07, 6.45) is -5.14. The molecular weight excluding hydrogens is 327 g/mol. The molecule has 0 aliphatic carbocycles. The summed E-state index contributed by atoms with van der Waals surface area (Å²) >= 11 is 0. The third-order valence-corrected chi connectivity index (χ3v) is 4.49. The van der Waals surface area contributed by atoms with Crippen molar-refractivity contribution in [1.82, 2.24) is 9.78 Å². The molecule has 1 N–H and O–H groups in total. The molecule has 2 aromatic carbocycles. The van der Waals surface area contributed by atoms with Gasteiger partial charge in [-0.1, -0.05) is 36.4 Å². The van der Waals surface area contributed by atoms with E-state index in [9.17, 15) is 13.2 Å². The second-order valence-electron chi connectivity index (χ2n) is 6.24. The first-order valence-electron chi connectivity index (χ1n) is 7.95. The first-order valence-corrected chi connectivity index (χ1v) is 7.95. The maximum Gasteiger partial charge on any atom is 0.416 e. The Bertz CT molecular complexity index is 957. The molecule has 128 valence electrons. The van der Waals surface area contributed by atoms with Crippen LogP contribution in [0.1, 0.15) is 28.6 Å². The van der Waals surface area contributed by atoms with E-state index < -0.39 is 17.9 Å². The van der Waals surface area contributed by atoms with Crippen LogP contribution in [0, 0.1) is 13.8 Å². The maximum absolute atomic E-state index is 13.5. The minimum atomic E-state index is -4.42. The third-order valence-electron chi connectivity index (χ3n) is 4.49. The van der Waals surface area contributed by atoms with E-state index >= 15 is 0 Å². The van der Waals surface area contributed by atoms with E-state index in [2.05, 4.69) is 10.4 Å². The maximum atomic E-state index is 13.5. The first kappa shape index (κ1) is 15.7. The largest absolute Gasteiger partial charge is 0.416 e. The minimum Gasteiger partial charge on any atom is -0.359 e. The van der Waals surface area contributed by atoms with Gasteiger partial charge < -0.3 is 5.32 Å². The number of anilines is 1. The van der Waals surface area contributed by atoms with Crippen LogP contribution in [0.5, 0.6) is 0 Å². The molecule has 4 rings (SSSR count). The normalized spacial score (nSPS) is 16.1. The zero-order valence-corrected chi connectivity index (χ0v) is 13.7. The molecule has 0 saturated heterocycles. The fraction of sp³-hybridized carbons (Fsp3) is 0.211. The van der Waals surface area contributed by atoms with Gasteiger partial charge >= 0.3 is 6.18 Å². The van der Waals surface area contributed by atoms with Crippen LogP contribution in [0.2, 0.25) is 0 Å². The van der Waals surface area contributed by atoms with E-state index in [1.54, 1.807) is 10.7 Å². The van der Waals surface area contributed by atoms with Gasteiger partial charge in [-0.15, -0.1) is 0 Å². The van der Waals surface area contributed by atoms with Crippen molar-refractivity contribution >= 4 is 5.69 Å². The highest BCUT2D eigenvalue weighted by Crippen LogP contribution is 2.43. The molecule has 0 radical (unpaired) electrons. The molecule has 1 aliphatic heterocycles. The van der Waals surface area contributed by atoms with Gasteiger partial charge in [-0.3, -0.25) is 0 Å². The van der Waals surface area contributed by atoms with Crippen molar-refractivity contribution in [2.45, 2.75) is 26.2 Å². The van der Waals surface area contributed by atoms with Gasteiger partial charge in [0.15, 0.2) is 0 Å². The van der Waals surface area contributed by atoms with Crippen LogP contribution in [0.4, 0.5) is 18.9 Å². The molecule has 1 aromatic heterocycles.